The molecule has 214 valence electrons. The molecule has 4 nitrogen and oxygen atoms in total. The molecule has 45 heavy (non-hydrogen) atoms. The van der Waals surface area contributed by atoms with Crippen LogP contribution in [-0.2, 0) is 15.3 Å². The molecule has 0 saturated carbocycles. The predicted octanol–water partition coefficient (Wildman–Crippen LogP) is 9.83. The maximum absolute atomic E-state index is 13.7. The highest BCUT2D eigenvalue weighted by molar-refractivity contribution is 7.92. The van der Waals surface area contributed by atoms with Crippen LogP contribution in [-0.4, -0.2) is 13.4 Å². The van der Waals surface area contributed by atoms with E-state index in [1.165, 1.54) is 32.0 Å². The third kappa shape index (κ3) is 3.15. The first-order chi connectivity index (χ1) is 22.1. The molecule has 3 aliphatic rings. The van der Waals surface area contributed by atoms with Crippen molar-refractivity contribution in [1.29, 1.82) is 0 Å². The molecule has 0 radical (unpaired) electrons. The van der Waals surface area contributed by atoms with Crippen molar-refractivity contribution in [2.75, 3.05) is 4.90 Å². The topological polar surface area (TPSA) is 50.3 Å². The zero-order valence-electron chi connectivity index (χ0n) is 23.6. The molecule has 1 spiro atoms. The van der Waals surface area contributed by atoms with Crippen LogP contribution in [0.3, 0.4) is 0 Å². The van der Waals surface area contributed by atoms with E-state index in [0.29, 0.717) is 15.4 Å². The van der Waals surface area contributed by atoms with Crippen LogP contribution in [0.4, 0.5) is 17.1 Å². The lowest BCUT2D eigenvalue weighted by Gasteiger charge is -2.44. The van der Waals surface area contributed by atoms with Gasteiger partial charge in [0.2, 0.25) is 9.84 Å². The number of anilines is 3. The van der Waals surface area contributed by atoms with Crippen molar-refractivity contribution < 1.29 is 8.42 Å². The monoisotopic (exact) mass is 634 g/mol. The Morgan fingerprint density at radius 3 is 1.84 bits per heavy atom. The summed E-state index contributed by atoms with van der Waals surface area (Å²) in [5.41, 5.74) is 11.0. The normalized spacial score (nSPS) is 15.6. The highest BCUT2D eigenvalue weighted by Gasteiger charge is 2.52. The zero-order valence-corrected chi connectivity index (χ0v) is 26.1. The predicted molar refractivity (Wildman–Crippen MR) is 182 cm³/mol. The first-order valence-corrected chi connectivity index (χ1v) is 17.9. The highest BCUT2D eigenvalue weighted by atomic mass is 32.2. The van der Waals surface area contributed by atoms with E-state index in [9.17, 15) is 8.42 Å². The molecule has 0 saturated heterocycles. The van der Waals surface area contributed by atoms with E-state index in [2.05, 4.69) is 81.3 Å². The van der Waals surface area contributed by atoms with Gasteiger partial charge in [-0.15, -0.1) is 22.7 Å². The molecule has 1 aliphatic carbocycles. The van der Waals surface area contributed by atoms with Crippen molar-refractivity contribution in [1.82, 2.24) is 4.98 Å². The lowest BCUT2D eigenvalue weighted by Crippen LogP contribution is -2.35. The average Bonchev–Trinajstić information content (AvgIpc) is 3.85. The largest absolute Gasteiger partial charge is 0.310 e. The molecule has 0 N–H and O–H groups in total. The van der Waals surface area contributed by atoms with Crippen molar-refractivity contribution in [2.24, 2.45) is 0 Å². The molecule has 0 amide bonds. The average molecular weight is 635 g/mol. The highest BCUT2D eigenvalue weighted by Crippen LogP contribution is 2.65. The molecule has 0 atom stereocenters. The molecule has 0 unspecified atom stereocenters. The molecule has 0 fully saturated rings. The number of hydrogen-bond donors (Lipinski definition) is 0. The van der Waals surface area contributed by atoms with Crippen LogP contribution in [0.25, 0.3) is 32.1 Å². The molecular weight excluding hydrogens is 613 g/mol. The van der Waals surface area contributed by atoms with E-state index in [0.717, 1.165) is 33.9 Å². The second kappa shape index (κ2) is 8.88. The summed E-state index contributed by atoms with van der Waals surface area (Å²) in [6.07, 6.45) is 1.76. The van der Waals surface area contributed by atoms with Crippen LogP contribution in [0.5, 0.6) is 0 Å². The molecule has 0 bridgehead atoms. The van der Waals surface area contributed by atoms with Gasteiger partial charge < -0.3 is 4.90 Å². The molecule has 10 rings (SSSR count). The van der Waals surface area contributed by atoms with Gasteiger partial charge in [0, 0.05) is 38.3 Å². The summed E-state index contributed by atoms with van der Waals surface area (Å²) < 4.78 is 27.5. The van der Waals surface area contributed by atoms with Crippen molar-refractivity contribution in [3.05, 3.63) is 154 Å². The van der Waals surface area contributed by atoms with Crippen LogP contribution in [0.2, 0.25) is 0 Å². The van der Waals surface area contributed by atoms with Gasteiger partial charge in [0.1, 0.15) is 0 Å². The van der Waals surface area contributed by atoms with Crippen LogP contribution in [0, 0.1) is 0 Å². The van der Waals surface area contributed by atoms with Gasteiger partial charge in [-0.1, -0.05) is 48.5 Å². The van der Waals surface area contributed by atoms with Gasteiger partial charge in [-0.25, -0.2) is 8.42 Å². The number of hydrogen-bond acceptors (Lipinski definition) is 6. The molecule has 7 heteroatoms. The summed E-state index contributed by atoms with van der Waals surface area (Å²) >= 11 is 3.63. The number of aromatic nitrogens is 1. The summed E-state index contributed by atoms with van der Waals surface area (Å²) in [5.74, 6) is 0. The molecule has 7 aromatic rings. The molecular formula is C38H22N2O2S3. The maximum Gasteiger partial charge on any atom is 0.207 e. The van der Waals surface area contributed by atoms with Gasteiger partial charge in [-0.3, -0.25) is 4.98 Å². The maximum atomic E-state index is 13.7. The number of thiophene rings is 2. The minimum atomic E-state index is -3.64. The van der Waals surface area contributed by atoms with E-state index in [-0.39, 0.29) is 0 Å². The Kier molecular flexibility index (Phi) is 5.03. The van der Waals surface area contributed by atoms with E-state index in [1.54, 1.807) is 18.3 Å². The number of sulfone groups is 1. The van der Waals surface area contributed by atoms with Gasteiger partial charge >= 0.3 is 0 Å². The zero-order chi connectivity index (χ0) is 29.9. The summed E-state index contributed by atoms with van der Waals surface area (Å²) in [6, 6.07) is 39.0. The van der Waals surface area contributed by atoms with E-state index >= 15 is 0 Å². The lowest BCUT2D eigenvalue weighted by molar-refractivity contribution is 0.598. The van der Waals surface area contributed by atoms with Gasteiger partial charge in [-0.05, 0) is 99.7 Å². The minimum absolute atomic E-state index is 0.341. The molecule has 3 aromatic heterocycles. The lowest BCUT2D eigenvalue weighted by atomic mass is 9.65. The van der Waals surface area contributed by atoms with Gasteiger partial charge in [0.25, 0.3) is 0 Å². The SMILES string of the molecule is O=S1(=O)c2ccc(-c3ccccn3)cc2-c2cc(N3c4ccccc4C4(c5ccccc53)c3ccsc3-c3sccc34)ccc21. The first-order valence-electron chi connectivity index (χ1n) is 14.7. The van der Waals surface area contributed by atoms with Gasteiger partial charge in [-0.2, -0.15) is 0 Å². The fraction of sp³-hybridized carbons (Fsp3) is 0.0263. The number of benzene rings is 4. The van der Waals surface area contributed by atoms with Gasteiger partial charge in [0.05, 0.1) is 32.3 Å². The van der Waals surface area contributed by atoms with E-state index in [1.807, 2.05) is 65.1 Å². The number of pyridine rings is 1. The number of para-hydroxylation sites is 2. The molecule has 2 aliphatic heterocycles. The van der Waals surface area contributed by atoms with Crippen LogP contribution < -0.4 is 4.90 Å². The second-order valence-corrected chi connectivity index (χ2v) is 15.3. The summed E-state index contributed by atoms with van der Waals surface area (Å²) in [6.45, 7) is 0. The Hall–Kier alpha value is -4.82. The van der Waals surface area contributed by atoms with Crippen LogP contribution in [0.1, 0.15) is 22.3 Å². The number of rotatable bonds is 2. The Bertz CT molecular complexity index is 2390. The van der Waals surface area contributed by atoms with E-state index < -0.39 is 15.3 Å². The Balaban J connectivity index is 1.22. The Labute approximate surface area is 268 Å². The second-order valence-electron chi connectivity index (χ2n) is 11.6. The van der Waals surface area contributed by atoms with Crippen LogP contribution >= 0.6 is 22.7 Å². The first kappa shape index (κ1) is 25.5. The molecule has 5 heterocycles. The number of nitrogens with zero attached hydrogens (tertiary/aromatic N) is 2. The van der Waals surface area contributed by atoms with Crippen molar-refractivity contribution in [2.45, 2.75) is 15.2 Å². The van der Waals surface area contributed by atoms with Crippen molar-refractivity contribution >= 4 is 49.6 Å². The third-order valence-electron chi connectivity index (χ3n) is 9.47. The fourth-order valence-electron chi connectivity index (χ4n) is 7.70. The fourth-order valence-corrected chi connectivity index (χ4v) is 11.4. The standard InChI is InChI=1S/C38H22N2O2S3/c41-45(42)34-14-12-23(31-9-5-6-18-39-31)21-25(34)26-22-24(13-15-35(26)45)40-32-10-3-1-7-27(32)38(28-8-2-4-11-33(28)40)29-16-19-43-36(29)37-30(38)17-20-44-37/h1-22H. The van der Waals surface area contributed by atoms with Crippen molar-refractivity contribution in [3.8, 4) is 32.1 Å². The molecule has 4 aromatic carbocycles. The number of fused-ring (bicyclic) bond motifs is 12. The Morgan fingerprint density at radius 2 is 1.20 bits per heavy atom. The smallest absolute Gasteiger partial charge is 0.207 e. The van der Waals surface area contributed by atoms with E-state index in [4.69, 9.17) is 0 Å². The van der Waals surface area contributed by atoms with Gasteiger partial charge in [0.15, 0.2) is 0 Å². The quantitative estimate of drug-likeness (QED) is 0.190. The third-order valence-corrected chi connectivity index (χ3v) is 13.3. The Morgan fingerprint density at radius 1 is 0.600 bits per heavy atom. The summed E-state index contributed by atoms with van der Waals surface area (Å²) in [5, 5.41) is 4.43. The minimum Gasteiger partial charge on any atom is -0.310 e. The van der Waals surface area contributed by atoms with Crippen molar-refractivity contribution in [3.63, 3.8) is 0 Å². The van der Waals surface area contributed by atoms with Crippen LogP contribution in [0.15, 0.2) is 142 Å². The summed E-state index contributed by atoms with van der Waals surface area (Å²) in [4.78, 5) is 10.2. The summed E-state index contributed by atoms with van der Waals surface area (Å²) in [7, 11) is -3.64.